The minimum absolute atomic E-state index is 0.0125. The maximum absolute atomic E-state index is 13.1. The van der Waals surface area contributed by atoms with E-state index in [4.69, 9.17) is 4.52 Å². The van der Waals surface area contributed by atoms with Gasteiger partial charge in [-0.25, -0.2) is 0 Å². The van der Waals surface area contributed by atoms with Gasteiger partial charge in [0.25, 0.3) is 11.8 Å². The molecule has 0 saturated carbocycles. The number of likely N-dealkylation sites (tertiary alicyclic amines) is 2. The number of carbonyl (C=O) groups excluding carboxylic acids is 2. The van der Waals surface area contributed by atoms with Crippen LogP contribution in [0, 0.1) is 12.8 Å². The number of hydrogen-bond donors (Lipinski definition) is 0. The normalized spacial score (nSPS) is 22.9. The molecule has 0 bridgehead atoms. The highest BCUT2D eigenvalue weighted by atomic mass is 16.5. The summed E-state index contributed by atoms with van der Waals surface area (Å²) in [6, 6.07) is 18.5. The second-order valence-electron chi connectivity index (χ2n) is 8.10. The molecule has 2 amide bonds. The van der Waals surface area contributed by atoms with Crippen LogP contribution in [0.5, 0.6) is 0 Å². The van der Waals surface area contributed by atoms with Crippen LogP contribution in [0.1, 0.15) is 32.4 Å². The molecule has 0 atom stereocenters. The Morgan fingerprint density at radius 2 is 1.40 bits per heavy atom. The predicted octanol–water partition coefficient (Wildman–Crippen LogP) is 2.54. The summed E-state index contributed by atoms with van der Waals surface area (Å²) in [5.74, 6) is 1.08. The summed E-state index contributed by atoms with van der Waals surface area (Å²) in [4.78, 5) is 34.4. The van der Waals surface area contributed by atoms with E-state index >= 15 is 0 Å². The number of amides is 2. The Morgan fingerprint density at radius 1 is 0.900 bits per heavy atom. The zero-order valence-corrected chi connectivity index (χ0v) is 16.7. The zero-order chi connectivity index (χ0) is 20.7. The molecule has 2 saturated heterocycles. The van der Waals surface area contributed by atoms with Crippen LogP contribution in [0.3, 0.4) is 0 Å². The predicted molar refractivity (Wildman–Crippen MR) is 109 cm³/mol. The molecule has 0 spiro atoms. The van der Waals surface area contributed by atoms with Crippen LogP contribution in [0.25, 0.3) is 0 Å². The fraction of sp³-hybridized carbons (Fsp3) is 0.304. The third-order valence-electron chi connectivity index (χ3n) is 6.18. The summed E-state index contributed by atoms with van der Waals surface area (Å²) >= 11 is 0. The van der Waals surface area contributed by atoms with Crippen molar-refractivity contribution in [2.75, 3.05) is 26.2 Å². The Labute approximate surface area is 174 Å². The van der Waals surface area contributed by atoms with Gasteiger partial charge in [-0.3, -0.25) is 9.59 Å². The number of aryl methyl sites for hydroxylation is 1. The summed E-state index contributed by atoms with van der Waals surface area (Å²) in [5, 5.41) is 3.98. The molecule has 30 heavy (non-hydrogen) atoms. The van der Waals surface area contributed by atoms with Gasteiger partial charge in [-0.15, -0.1) is 0 Å². The van der Waals surface area contributed by atoms with Crippen LogP contribution >= 0.6 is 0 Å². The van der Waals surface area contributed by atoms with E-state index in [1.54, 1.807) is 6.92 Å². The second-order valence-corrected chi connectivity index (χ2v) is 8.10. The van der Waals surface area contributed by atoms with Gasteiger partial charge >= 0.3 is 0 Å². The fourth-order valence-corrected chi connectivity index (χ4v) is 4.70. The Balaban J connectivity index is 1.45. The molecule has 152 valence electrons. The SMILES string of the molecule is Cc1noc(C23CN(C(=O)c4ccccc4)CC2CN(C(=O)c2ccccc2)C3)n1. The quantitative estimate of drug-likeness (QED) is 0.673. The van der Waals surface area contributed by atoms with Crippen molar-refractivity contribution in [3.63, 3.8) is 0 Å². The minimum Gasteiger partial charge on any atom is -0.339 e. The molecule has 1 aromatic heterocycles. The highest BCUT2D eigenvalue weighted by molar-refractivity contribution is 5.95. The van der Waals surface area contributed by atoms with Crippen molar-refractivity contribution >= 4 is 11.8 Å². The van der Waals surface area contributed by atoms with E-state index in [1.807, 2.05) is 70.5 Å². The van der Waals surface area contributed by atoms with Gasteiger partial charge < -0.3 is 14.3 Å². The average molecular weight is 402 g/mol. The zero-order valence-electron chi connectivity index (χ0n) is 16.7. The van der Waals surface area contributed by atoms with Crippen LogP contribution in [0.2, 0.25) is 0 Å². The lowest BCUT2D eigenvalue weighted by Gasteiger charge is -2.26. The highest BCUT2D eigenvalue weighted by Crippen LogP contribution is 2.45. The standard InChI is InChI=1S/C23H22N4O3/c1-16-24-22(30-25-16)23-14-26(20(28)17-8-4-2-5-9-17)12-19(23)13-27(15-23)21(29)18-10-6-3-7-11-18/h2-11,19H,12-15H2,1H3. The smallest absolute Gasteiger partial charge is 0.253 e. The molecule has 7 heteroatoms. The lowest BCUT2D eigenvalue weighted by atomic mass is 9.81. The molecule has 3 aromatic rings. The van der Waals surface area contributed by atoms with Crippen LogP contribution in [0.4, 0.5) is 0 Å². The van der Waals surface area contributed by atoms with Crippen LogP contribution in [-0.2, 0) is 5.41 Å². The molecule has 0 aliphatic carbocycles. The number of nitrogens with zero attached hydrogens (tertiary/aromatic N) is 4. The molecule has 3 heterocycles. The van der Waals surface area contributed by atoms with Crippen molar-refractivity contribution in [1.82, 2.24) is 19.9 Å². The van der Waals surface area contributed by atoms with E-state index in [9.17, 15) is 9.59 Å². The Kier molecular flexibility index (Phi) is 4.38. The maximum Gasteiger partial charge on any atom is 0.253 e. The molecule has 0 unspecified atom stereocenters. The van der Waals surface area contributed by atoms with E-state index in [0.717, 1.165) is 0 Å². The Hall–Kier alpha value is -3.48. The molecule has 7 nitrogen and oxygen atoms in total. The molecular weight excluding hydrogens is 380 g/mol. The number of carbonyl (C=O) groups is 2. The summed E-state index contributed by atoms with van der Waals surface area (Å²) < 4.78 is 5.58. The van der Waals surface area contributed by atoms with Crippen LogP contribution in [-0.4, -0.2) is 57.9 Å². The third-order valence-corrected chi connectivity index (χ3v) is 6.18. The number of hydrogen-bond acceptors (Lipinski definition) is 5. The maximum atomic E-state index is 13.1. The molecule has 5 rings (SSSR count). The van der Waals surface area contributed by atoms with E-state index in [0.29, 0.717) is 49.0 Å². The van der Waals surface area contributed by atoms with Crippen LogP contribution in [0.15, 0.2) is 65.2 Å². The van der Waals surface area contributed by atoms with Crippen molar-refractivity contribution in [2.24, 2.45) is 5.92 Å². The average Bonchev–Trinajstić information content (AvgIpc) is 3.46. The van der Waals surface area contributed by atoms with Crippen molar-refractivity contribution in [1.29, 1.82) is 0 Å². The van der Waals surface area contributed by atoms with Crippen molar-refractivity contribution in [3.05, 3.63) is 83.5 Å². The van der Waals surface area contributed by atoms with Gasteiger partial charge in [0, 0.05) is 43.2 Å². The molecule has 0 radical (unpaired) electrons. The largest absolute Gasteiger partial charge is 0.339 e. The van der Waals surface area contributed by atoms with Gasteiger partial charge in [0.05, 0.1) is 5.41 Å². The van der Waals surface area contributed by atoms with Crippen molar-refractivity contribution in [3.8, 4) is 0 Å². The Morgan fingerprint density at radius 3 is 1.83 bits per heavy atom. The van der Waals surface area contributed by atoms with Gasteiger partial charge in [0.15, 0.2) is 5.82 Å². The number of aromatic nitrogens is 2. The molecule has 2 fully saturated rings. The van der Waals surface area contributed by atoms with Gasteiger partial charge in [-0.1, -0.05) is 41.6 Å². The summed E-state index contributed by atoms with van der Waals surface area (Å²) in [6.45, 7) is 3.78. The first-order valence-electron chi connectivity index (χ1n) is 10.1. The lowest BCUT2D eigenvalue weighted by molar-refractivity contribution is 0.0727. The third kappa shape index (κ3) is 2.98. The number of fused-ring (bicyclic) bond motifs is 1. The van der Waals surface area contributed by atoms with Crippen LogP contribution < -0.4 is 0 Å². The second kappa shape index (κ2) is 7.09. The van der Waals surface area contributed by atoms with Gasteiger partial charge in [0.1, 0.15) is 0 Å². The highest BCUT2D eigenvalue weighted by Gasteiger charge is 2.58. The van der Waals surface area contributed by atoms with Crippen molar-refractivity contribution in [2.45, 2.75) is 12.3 Å². The molecule has 2 aromatic carbocycles. The van der Waals surface area contributed by atoms with E-state index in [1.165, 1.54) is 0 Å². The number of benzene rings is 2. The molecular formula is C23H22N4O3. The number of rotatable bonds is 3. The Bertz CT molecular complexity index is 1020. The van der Waals surface area contributed by atoms with E-state index < -0.39 is 5.41 Å². The fourth-order valence-electron chi connectivity index (χ4n) is 4.70. The van der Waals surface area contributed by atoms with Crippen molar-refractivity contribution < 1.29 is 14.1 Å². The first-order valence-corrected chi connectivity index (χ1v) is 10.1. The first kappa shape index (κ1) is 18.5. The van der Waals surface area contributed by atoms with Gasteiger partial charge in [-0.2, -0.15) is 4.98 Å². The molecule has 0 N–H and O–H groups in total. The summed E-state index contributed by atoms with van der Waals surface area (Å²) in [7, 11) is 0. The topological polar surface area (TPSA) is 79.5 Å². The van der Waals surface area contributed by atoms with Gasteiger partial charge in [0.2, 0.25) is 5.89 Å². The molecule has 2 aliphatic rings. The first-order chi connectivity index (χ1) is 14.6. The summed E-state index contributed by atoms with van der Waals surface area (Å²) in [6.07, 6.45) is 0. The van der Waals surface area contributed by atoms with E-state index in [-0.39, 0.29) is 17.7 Å². The lowest BCUT2D eigenvalue weighted by Crippen LogP contribution is -2.41. The summed E-state index contributed by atoms with van der Waals surface area (Å²) in [5.41, 5.74) is 0.772. The molecule has 2 aliphatic heterocycles. The monoisotopic (exact) mass is 402 g/mol. The van der Waals surface area contributed by atoms with Gasteiger partial charge in [-0.05, 0) is 31.2 Å². The minimum atomic E-state index is -0.545. The van der Waals surface area contributed by atoms with E-state index in [2.05, 4.69) is 10.1 Å².